The summed E-state index contributed by atoms with van der Waals surface area (Å²) in [4.78, 5) is 15.1. The van der Waals surface area contributed by atoms with Crippen molar-refractivity contribution in [1.82, 2.24) is 4.98 Å². The van der Waals surface area contributed by atoms with E-state index in [0.29, 0.717) is 9.13 Å². The smallest absolute Gasteiger partial charge is 0.358 e. The molecule has 0 N–H and O–H groups in total. The zero-order chi connectivity index (χ0) is 12.3. The molecule has 16 heavy (non-hydrogen) atoms. The molecule has 0 spiro atoms. The van der Waals surface area contributed by atoms with E-state index in [9.17, 15) is 13.6 Å². The minimum Gasteiger partial charge on any atom is -0.461 e. The molecule has 0 bridgehead atoms. The lowest BCUT2D eigenvalue weighted by Crippen LogP contribution is -2.12. The fourth-order valence-corrected chi connectivity index (χ4v) is 1.97. The van der Waals surface area contributed by atoms with Crippen LogP contribution in [-0.2, 0) is 4.74 Å². The van der Waals surface area contributed by atoms with Gasteiger partial charge in [0, 0.05) is 3.57 Å². The van der Waals surface area contributed by atoms with E-state index in [2.05, 4.69) is 4.98 Å². The maximum absolute atomic E-state index is 12.6. The molecule has 88 valence electrons. The van der Waals surface area contributed by atoms with E-state index in [1.807, 2.05) is 22.6 Å². The third-order valence-electron chi connectivity index (χ3n) is 1.88. The second-order valence-corrected chi connectivity index (χ2v) is 4.20. The van der Waals surface area contributed by atoms with Crippen LogP contribution in [0.2, 0.25) is 0 Å². The quantitative estimate of drug-likeness (QED) is 0.627. The third-order valence-corrected chi connectivity index (χ3v) is 2.70. The number of nitrogens with zero attached hydrogens (tertiary/aromatic N) is 1. The molecule has 1 rings (SSSR count). The van der Waals surface area contributed by atoms with Crippen molar-refractivity contribution >= 4 is 28.6 Å². The molecule has 0 saturated heterocycles. The fourth-order valence-electron chi connectivity index (χ4n) is 1.16. The van der Waals surface area contributed by atoms with Gasteiger partial charge < -0.3 is 4.74 Å². The van der Waals surface area contributed by atoms with Crippen LogP contribution in [0, 0.1) is 10.5 Å². The van der Waals surface area contributed by atoms with Gasteiger partial charge in [-0.25, -0.2) is 18.6 Å². The Morgan fingerprint density at radius 2 is 2.25 bits per heavy atom. The number of esters is 1. The van der Waals surface area contributed by atoms with Crippen LogP contribution < -0.4 is 0 Å². The first-order valence-electron chi connectivity index (χ1n) is 4.59. The van der Waals surface area contributed by atoms with Gasteiger partial charge in [0.15, 0.2) is 5.69 Å². The largest absolute Gasteiger partial charge is 0.461 e. The summed E-state index contributed by atoms with van der Waals surface area (Å²) in [5, 5.41) is 0. The van der Waals surface area contributed by atoms with Gasteiger partial charge in [-0.3, -0.25) is 0 Å². The lowest BCUT2D eigenvalue weighted by atomic mass is 10.2. The Morgan fingerprint density at radius 1 is 1.62 bits per heavy atom. The number of aryl methyl sites for hydroxylation is 1. The normalized spacial score (nSPS) is 10.6. The number of ether oxygens (including phenoxy) is 1. The lowest BCUT2D eigenvalue weighted by Gasteiger charge is -2.08. The number of hydrogen-bond acceptors (Lipinski definition) is 3. The standard InChI is InChI=1S/C10H10F2INO2/c1-3-16-10(15)8-6(13)4-5(2)7(14-8)9(11)12/h4,9H,3H2,1-2H3. The second kappa shape index (κ2) is 5.51. The van der Waals surface area contributed by atoms with Crippen LogP contribution in [0.15, 0.2) is 6.07 Å². The van der Waals surface area contributed by atoms with Gasteiger partial charge in [0.05, 0.1) is 6.61 Å². The summed E-state index contributed by atoms with van der Waals surface area (Å²) in [7, 11) is 0. The van der Waals surface area contributed by atoms with E-state index in [-0.39, 0.29) is 18.0 Å². The van der Waals surface area contributed by atoms with Gasteiger partial charge in [-0.05, 0) is 48.1 Å². The van der Waals surface area contributed by atoms with E-state index in [4.69, 9.17) is 4.74 Å². The summed E-state index contributed by atoms with van der Waals surface area (Å²) >= 11 is 1.87. The van der Waals surface area contributed by atoms with Gasteiger partial charge in [-0.15, -0.1) is 0 Å². The minimum atomic E-state index is -2.69. The van der Waals surface area contributed by atoms with Crippen molar-refractivity contribution in [2.75, 3.05) is 6.61 Å². The average Bonchev–Trinajstić information content (AvgIpc) is 2.17. The highest BCUT2D eigenvalue weighted by Crippen LogP contribution is 2.23. The van der Waals surface area contributed by atoms with E-state index in [1.54, 1.807) is 6.92 Å². The van der Waals surface area contributed by atoms with Crippen LogP contribution in [0.1, 0.15) is 35.1 Å². The highest BCUT2D eigenvalue weighted by Gasteiger charge is 2.20. The topological polar surface area (TPSA) is 39.2 Å². The number of rotatable bonds is 3. The summed E-state index contributed by atoms with van der Waals surface area (Å²) in [6.07, 6.45) is -2.69. The fraction of sp³-hybridized carbons (Fsp3) is 0.400. The van der Waals surface area contributed by atoms with E-state index < -0.39 is 12.4 Å². The third kappa shape index (κ3) is 2.87. The SMILES string of the molecule is CCOC(=O)c1nc(C(F)F)c(C)cc1I. The molecule has 3 nitrogen and oxygen atoms in total. The molecule has 1 aromatic rings. The molecule has 0 unspecified atom stereocenters. The number of halogens is 3. The second-order valence-electron chi connectivity index (χ2n) is 3.04. The molecule has 1 heterocycles. The summed E-state index contributed by atoms with van der Waals surface area (Å²) in [5.41, 5.74) is -0.0562. The molecule has 0 saturated carbocycles. The van der Waals surface area contributed by atoms with Crippen LogP contribution in [0.5, 0.6) is 0 Å². The summed E-state index contributed by atoms with van der Waals surface area (Å²) < 4.78 is 30.4. The van der Waals surface area contributed by atoms with Gasteiger partial charge in [0.25, 0.3) is 6.43 Å². The molecular weight excluding hydrogens is 331 g/mol. The summed E-state index contributed by atoms with van der Waals surface area (Å²) in [6, 6.07) is 1.50. The predicted octanol–water partition coefficient (Wildman–Crippen LogP) is 3.11. The van der Waals surface area contributed by atoms with Crippen LogP contribution in [0.3, 0.4) is 0 Å². The minimum absolute atomic E-state index is 0.0525. The molecule has 0 aliphatic rings. The summed E-state index contributed by atoms with van der Waals surface area (Å²) in [5.74, 6) is -0.672. The number of alkyl halides is 2. The van der Waals surface area contributed by atoms with Crippen molar-refractivity contribution in [2.45, 2.75) is 20.3 Å². The predicted molar refractivity (Wildman–Crippen MR) is 62.6 cm³/mol. The van der Waals surface area contributed by atoms with Gasteiger partial charge >= 0.3 is 5.97 Å². The highest BCUT2D eigenvalue weighted by atomic mass is 127. The van der Waals surface area contributed by atoms with E-state index in [0.717, 1.165) is 0 Å². The first-order valence-corrected chi connectivity index (χ1v) is 5.67. The average molecular weight is 341 g/mol. The van der Waals surface area contributed by atoms with Crippen molar-refractivity contribution in [3.8, 4) is 0 Å². The van der Waals surface area contributed by atoms with Gasteiger partial charge in [-0.2, -0.15) is 0 Å². The van der Waals surface area contributed by atoms with Crippen molar-refractivity contribution in [3.05, 3.63) is 26.6 Å². The van der Waals surface area contributed by atoms with Gasteiger partial charge in [-0.1, -0.05) is 0 Å². The van der Waals surface area contributed by atoms with E-state index in [1.165, 1.54) is 13.0 Å². The van der Waals surface area contributed by atoms with Crippen LogP contribution in [-0.4, -0.2) is 17.6 Å². The van der Waals surface area contributed by atoms with Crippen LogP contribution >= 0.6 is 22.6 Å². The molecular formula is C10H10F2INO2. The maximum Gasteiger partial charge on any atom is 0.358 e. The Balaban J connectivity index is 3.19. The molecule has 0 aliphatic heterocycles. The van der Waals surface area contributed by atoms with Crippen molar-refractivity contribution in [2.24, 2.45) is 0 Å². The maximum atomic E-state index is 12.6. The molecule has 0 fully saturated rings. The zero-order valence-corrected chi connectivity index (χ0v) is 10.9. The van der Waals surface area contributed by atoms with Gasteiger partial charge in [0.2, 0.25) is 0 Å². The first kappa shape index (κ1) is 13.3. The molecule has 0 radical (unpaired) electrons. The Labute approximate surface area is 105 Å². The van der Waals surface area contributed by atoms with Crippen molar-refractivity contribution in [1.29, 1.82) is 0 Å². The molecule has 0 aromatic carbocycles. The monoisotopic (exact) mass is 341 g/mol. The molecule has 6 heteroatoms. The zero-order valence-electron chi connectivity index (χ0n) is 8.76. The van der Waals surface area contributed by atoms with Gasteiger partial charge in [0.1, 0.15) is 5.69 Å². The Kier molecular flexibility index (Phi) is 4.57. The Hall–Kier alpha value is -0.790. The Morgan fingerprint density at radius 3 is 2.75 bits per heavy atom. The summed E-state index contributed by atoms with van der Waals surface area (Å²) in [6.45, 7) is 3.37. The molecule has 0 aliphatic carbocycles. The highest BCUT2D eigenvalue weighted by molar-refractivity contribution is 14.1. The van der Waals surface area contributed by atoms with E-state index >= 15 is 0 Å². The first-order chi connectivity index (χ1) is 7.47. The molecule has 0 atom stereocenters. The van der Waals surface area contributed by atoms with Crippen LogP contribution in [0.4, 0.5) is 8.78 Å². The molecule has 0 amide bonds. The van der Waals surface area contributed by atoms with Crippen LogP contribution in [0.25, 0.3) is 0 Å². The number of hydrogen-bond donors (Lipinski definition) is 0. The number of pyridine rings is 1. The van der Waals surface area contributed by atoms with Crippen molar-refractivity contribution in [3.63, 3.8) is 0 Å². The number of carbonyl (C=O) groups is 1. The number of aromatic nitrogens is 1. The number of carbonyl (C=O) groups excluding carboxylic acids is 1. The Bertz CT molecular complexity index is 410. The van der Waals surface area contributed by atoms with Crippen molar-refractivity contribution < 1.29 is 18.3 Å². The molecule has 1 aromatic heterocycles. The lowest BCUT2D eigenvalue weighted by molar-refractivity contribution is 0.0516.